The third-order valence-corrected chi connectivity index (χ3v) is 5.36. The van der Waals surface area contributed by atoms with Crippen LogP contribution in [0.3, 0.4) is 0 Å². The van der Waals surface area contributed by atoms with Crippen LogP contribution in [0.25, 0.3) is 0 Å². The smallest absolute Gasteiger partial charge is 0.426 e. The molecule has 2 rings (SSSR count). The predicted molar refractivity (Wildman–Crippen MR) is 101 cm³/mol. The Balaban J connectivity index is 1.72. The van der Waals surface area contributed by atoms with Crippen molar-refractivity contribution in [3.8, 4) is 11.5 Å². The third-order valence-electron chi connectivity index (χ3n) is 4.41. The molecule has 1 aromatic rings. The lowest BCUT2D eigenvalue weighted by atomic mass is 10.1. The first kappa shape index (κ1) is 25.7. The van der Waals surface area contributed by atoms with Gasteiger partial charge in [-0.1, -0.05) is 6.58 Å². The molecule has 178 valence electrons. The van der Waals surface area contributed by atoms with E-state index in [1.165, 1.54) is 18.2 Å². The average molecular weight is 484 g/mol. The summed E-state index contributed by atoms with van der Waals surface area (Å²) in [6.07, 6.45) is -1.55. The fraction of sp³-hybridized carbons (Fsp3) is 0.474. The number of hydrogen-bond donors (Lipinski definition) is 1. The molecular formula is C19H20F4O8S. The molecule has 0 fully saturated rings. The molecule has 0 saturated carbocycles. The zero-order valence-electron chi connectivity index (χ0n) is 16.6. The Bertz CT molecular complexity index is 991. The largest absolute Gasteiger partial charge is 0.431 e. The minimum absolute atomic E-state index is 0.0996. The van der Waals surface area contributed by atoms with Crippen molar-refractivity contribution >= 4 is 22.1 Å². The summed E-state index contributed by atoms with van der Waals surface area (Å²) >= 11 is 0. The average Bonchev–Trinajstić information content (AvgIpc) is 2.69. The highest BCUT2D eigenvalue weighted by Gasteiger charge is 2.64. The number of carbonyl (C=O) groups excluding carboxylic acids is 2. The van der Waals surface area contributed by atoms with Crippen LogP contribution in [0.4, 0.5) is 17.6 Å². The summed E-state index contributed by atoms with van der Waals surface area (Å²) in [6, 6.07) is 4.44. The van der Waals surface area contributed by atoms with E-state index in [-0.39, 0.29) is 43.3 Å². The number of unbranched alkanes of at least 4 members (excludes halogenated alkanes) is 1. The number of rotatable bonds is 11. The molecule has 0 radical (unpaired) electrons. The lowest BCUT2D eigenvalue weighted by molar-refractivity contribution is -0.165. The summed E-state index contributed by atoms with van der Waals surface area (Å²) in [4.78, 5) is 23.3. The topological polar surface area (TPSA) is 116 Å². The third kappa shape index (κ3) is 6.26. The summed E-state index contributed by atoms with van der Waals surface area (Å²) < 4.78 is 97.1. The number of esters is 2. The van der Waals surface area contributed by atoms with Gasteiger partial charge in [0, 0.05) is 13.0 Å². The quantitative estimate of drug-likeness (QED) is 0.127. The first-order valence-electron chi connectivity index (χ1n) is 9.28. The molecule has 1 heterocycles. The number of carbonyl (C=O) groups is 2. The lowest BCUT2D eigenvalue weighted by Gasteiger charge is -2.23. The van der Waals surface area contributed by atoms with E-state index >= 15 is 0 Å². The van der Waals surface area contributed by atoms with Crippen molar-refractivity contribution in [2.24, 2.45) is 0 Å². The van der Waals surface area contributed by atoms with Gasteiger partial charge in [0.1, 0.15) is 11.5 Å². The van der Waals surface area contributed by atoms with E-state index in [4.69, 9.17) is 18.8 Å². The first-order chi connectivity index (χ1) is 14.7. The van der Waals surface area contributed by atoms with Crippen molar-refractivity contribution in [3.05, 3.63) is 35.9 Å². The molecule has 0 unspecified atom stereocenters. The van der Waals surface area contributed by atoms with Gasteiger partial charge in [-0.2, -0.15) is 26.0 Å². The second-order valence-corrected chi connectivity index (χ2v) is 8.41. The fourth-order valence-corrected chi connectivity index (χ4v) is 3.12. The van der Waals surface area contributed by atoms with Crippen molar-refractivity contribution in [2.45, 2.75) is 43.3 Å². The molecule has 1 N–H and O–H groups in total. The van der Waals surface area contributed by atoms with Crippen molar-refractivity contribution in [2.75, 3.05) is 13.2 Å². The number of ether oxygens (including phenoxy) is 3. The van der Waals surface area contributed by atoms with Crippen LogP contribution in [-0.2, 0) is 30.9 Å². The standard InChI is InChI=1S/C19H20F4O8S/c1-12(11-29-9-3-2-8-18(20,21)19(22,23)32(26,27)28)17(25)30-14-5-6-15-13(10-14)4-7-16(24)31-15/h5-6,10H,1-4,7-9,11H2,(H,26,27,28). The van der Waals surface area contributed by atoms with E-state index in [1.807, 2.05) is 0 Å². The van der Waals surface area contributed by atoms with Gasteiger partial charge in [-0.05, 0) is 43.0 Å². The van der Waals surface area contributed by atoms with Crippen LogP contribution in [0.15, 0.2) is 30.4 Å². The molecule has 0 atom stereocenters. The Hall–Kier alpha value is -2.51. The number of benzene rings is 1. The van der Waals surface area contributed by atoms with Crippen molar-refractivity contribution in [3.63, 3.8) is 0 Å². The summed E-state index contributed by atoms with van der Waals surface area (Å²) in [7, 11) is -6.26. The fourth-order valence-electron chi connectivity index (χ4n) is 2.64. The summed E-state index contributed by atoms with van der Waals surface area (Å²) in [5.74, 6) is -5.57. The summed E-state index contributed by atoms with van der Waals surface area (Å²) in [5.41, 5.74) is 0.588. The summed E-state index contributed by atoms with van der Waals surface area (Å²) in [5, 5.41) is -5.60. The molecule has 1 aromatic carbocycles. The monoisotopic (exact) mass is 484 g/mol. The molecule has 0 aromatic heterocycles. The van der Waals surface area contributed by atoms with E-state index in [1.54, 1.807) is 0 Å². The van der Waals surface area contributed by atoms with Crippen LogP contribution in [0.1, 0.15) is 31.2 Å². The predicted octanol–water partition coefficient (Wildman–Crippen LogP) is 3.30. The van der Waals surface area contributed by atoms with Crippen molar-refractivity contribution < 1.29 is 54.3 Å². The van der Waals surface area contributed by atoms with Crippen molar-refractivity contribution in [1.29, 1.82) is 0 Å². The molecule has 0 amide bonds. The van der Waals surface area contributed by atoms with Crippen LogP contribution in [-0.4, -0.2) is 49.3 Å². The number of aryl methyl sites for hydroxylation is 1. The summed E-state index contributed by atoms with van der Waals surface area (Å²) in [6.45, 7) is 2.96. The maximum Gasteiger partial charge on any atom is 0.431 e. The lowest BCUT2D eigenvalue weighted by Crippen LogP contribution is -2.46. The Morgan fingerprint density at radius 3 is 2.53 bits per heavy atom. The number of alkyl halides is 4. The molecule has 1 aliphatic rings. The van der Waals surface area contributed by atoms with Gasteiger partial charge in [0.2, 0.25) is 0 Å². The molecule has 0 spiro atoms. The number of fused-ring (bicyclic) bond motifs is 1. The Labute approximate surface area is 180 Å². The van der Waals surface area contributed by atoms with E-state index < -0.39 is 40.1 Å². The van der Waals surface area contributed by atoms with Crippen LogP contribution < -0.4 is 9.47 Å². The highest BCUT2D eigenvalue weighted by Crippen LogP contribution is 2.41. The van der Waals surface area contributed by atoms with Gasteiger partial charge in [-0.15, -0.1) is 0 Å². The normalized spacial score (nSPS) is 14.5. The van der Waals surface area contributed by atoms with Crippen molar-refractivity contribution in [1.82, 2.24) is 0 Å². The zero-order valence-corrected chi connectivity index (χ0v) is 17.4. The second kappa shape index (κ2) is 9.96. The molecule has 0 bridgehead atoms. The van der Waals surface area contributed by atoms with Gasteiger partial charge in [0.25, 0.3) is 0 Å². The first-order valence-corrected chi connectivity index (χ1v) is 10.7. The zero-order chi connectivity index (χ0) is 24.2. The molecule has 0 aliphatic carbocycles. The van der Waals surface area contributed by atoms with E-state index in [9.17, 15) is 35.6 Å². The molecule has 1 aliphatic heterocycles. The van der Waals surface area contributed by atoms with Gasteiger partial charge in [0.15, 0.2) is 0 Å². The van der Waals surface area contributed by atoms with Gasteiger partial charge in [-0.25, -0.2) is 4.79 Å². The number of halogens is 4. The second-order valence-electron chi connectivity index (χ2n) is 6.94. The maximum absolute atomic E-state index is 13.3. The van der Waals surface area contributed by atoms with E-state index in [0.717, 1.165) is 0 Å². The molecule has 32 heavy (non-hydrogen) atoms. The van der Waals surface area contributed by atoms with Crippen LogP contribution in [0.5, 0.6) is 11.5 Å². The van der Waals surface area contributed by atoms with E-state index in [2.05, 4.69) is 6.58 Å². The minimum atomic E-state index is -6.26. The van der Waals surface area contributed by atoms with Crippen LogP contribution >= 0.6 is 0 Å². The Morgan fingerprint density at radius 2 is 1.88 bits per heavy atom. The number of hydrogen-bond acceptors (Lipinski definition) is 7. The maximum atomic E-state index is 13.3. The SMILES string of the molecule is C=C(COCCCCC(F)(F)C(F)(F)S(=O)(=O)O)C(=O)Oc1ccc2c(c1)CCC(=O)O2. The van der Waals surface area contributed by atoms with Crippen LogP contribution in [0.2, 0.25) is 0 Å². The Morgan fingerprint density at radius 1 is 1.19 bits per heavy atom. The molecular weight excluding hydrogens is 464 g/mol. The van der Waals surface area contributed by atoms with Gasteiger partial charge in [-0.3, -0.25) is 9.35 Å². The molecule has 8 nitrogen and oxygen atoms in total. The van der Waals surface area contributed by atoms with Gasteiger partial charge < -0.3 is 14.2 Å². The van der Waals surface area contributed by atoms with E-state index in [0.29, 0.717) is 17.7 Å². The van der Waals surface area contributed by atoms with Crippen LogP contribution in [0, 0.1) is 0 Å². The molecule has 13 heteroatoms. The highest BCUT2D eigenvalue weighted by molar-refractivity contribution is 7.87. The minimum Gasteiger partial charge on any atom is -0.426 e. The van der Waals surface area contributed by atoms with Gasteiger partial charge >= 0.3 is 33.2 Å². The van der Waals surface area contributed by atoms with Gasteiger partial charge in [0.05, 0.1) is 18.6 Å². The Kier molecular flexibility index (Phi) is 8.02. The molecule has 0 saturated heterocycles. The highest BCUT2D eigenvalue weighted by atomic mass is 32.2.